The van der Waals surface area contributed by atoms with E-state index in [2.05, 4.69) is 20.2 Å². The molecule has 0 amide bonds. The van der Waals surface area contributed by atoms with Crippen LogP contribution >= 0.6 is 15.9 Å². The quantitative estimate of drug-likeness (QED) is 0.110. The van der Waals surface area contributed by atoms with Gasteiger partial charge in [0.2, 0.25) is 0 Å². The summed E-state index contributed by atoms with van der Waals surface area (Å²) in [5.41, 5.74) is -9.04. The molecule has 0 aliphatic carbocycles. The van der Waals surface area contributed by atoms with E-state index in [1.54, 1.807) is 0 Å². The van der Waals surface area contributed by atoms with Gasteiger partial charge < -0.3 is 4.28 Å². The van der Waals surface area contributed by atoms with Crippen molar-refractivity contribution in [1.29, 1.82) is 0 Å². The fraction of sp³-hybridized carbons (Fsp3) is 0.250. The van der Waals surface area contributed by atoms with Crippen LogP contribution in [-0.2, 0) is 22.8 Å². The van der Waals surface area contributed by atoms with Gasteiger partial charge >= 0.3 is 24.9 Å². The Morgan fingerprint density at radius 2 is 0.712 bits per heavy atom. The molecule has 0 bridgehead atoms. The average Bonchev–Trinajstić information content (AvgIpc) is 3.48. The molecule has 0 radical (unpaired) electrons. The largest absolute Gasteiger partial charge is 0.660 e. The molecule has 0 unspecified atom stereocenters. The molecule has 1 nitrogen and oxygen atoms in total. The molecule has 282 valence electrons. The summed E-state index contributed by atoms with van der Waals surface area (Å²) in [6.07, 6.45) is -19.0. The van der Waals surface area contributed by atoms with Gasteiger partial charge in [0.05, 0.1) is 13.2 Å². The highest BCUT2D eigenvalue weighted by Crippen LogP contribution is 2.37. The van der Waals surface area contributed by atoms with Crippen molar-refractivity contribution in [2.75, 3.05) is 13.2 Å². The second-order valence-electron chi connectivity index (χ2n) is 11.5. The van der Waals surface area contributed by atoms with Crippen LogP contribution in [0.4, 0.5) is 74.6 Å². The molecule has 52 heavy (non-hydrogen) atoms. The lowest BCUT2D eigenvalue weighted by atomic mass is 9.27. The molecule has 1 aliphatic rings. The van der Waals surface area contributed by atoms with Crippen LogP contribution in [-0.4, -0.2) is 19.6 Å². The Balaban J connectivity index is 0.000000392. The third-order valence-corrected chi connectivity index (χ3v) is 8.72. The van der Waals surface area contributed by atoms with Gasteiger partial charge in [-0.2, -0.15) is 39.5 Å². The van der Waals surface area contributed by atoms with E-state index in [4.69, 9.17) is 0 Å². The van der Waals surface area contributed by atoms with E-state index in [1.807, 2.05) is 0 Å². The topological polar surface area (TPSA) is 2.70 Å². The molecule has 1 fully saturated rings. The molecule has 0 N–H and O–H groups in total. The summed E-state index contributed by atoms with van der Waals surface area (Å²) in [5.74, 6) is -14.3. The minimum absolute atomic E-state index is 0.0736. The van der Waals surface area contributed by atoms with Crippen molar-refractivity contribution in [2.45, 2.75) is 38.3 Å². The fourth-order valence-electron chi connectivity index (χ4n) is 6.09. The summed E-state index contributed by atoms with van der Waals surface area (Å²) in [6, 6.07) is 3.22. The lowest BCUT2D eigenvalue weighted by molar-refractivity contribution is -0.143. The number of alkyl halides is 9. The molecule has 0 spiro atoms. The van der Waals surface area contributed by atoms with Crippen LogP contribution in [0, 0.1) is 53.5 Å². The first-order valence-electron chi connectivity index (χ1n) is 14.4. The Hall–Kier alpha value is -3.81. The average molecular weight is 833 g/mol. The zero-order valence-electron chi connectivity index (χ0n) is 25.7. The van der Waals surface area contributed by atoms with Gasteiger partial charge in [-0.15, -0.1) is 16.4 Å². The molecule has 20 heteroatoms. The molecule has 1 saturated heterocycles. The van der Waals surface area contributed by atoms with Gasteiger partial charge in [0.15, 0.2) is 0 Å². The van der Waals surface area contributed by atoms with E-state index in [1.165, 1.54) is 0 Å². The van der Waals surface area contributed by atoms with Gasteiger partial charge in [0.1, 0.15) is 63.2 Å². The van der Waals surface area contributed by atoms with E-state index in [0.29, 0.717) is 37.1 Å². The summed E-state index contributed by atoms with van der Waals surface area (Å²) in [7, 11) is 0. The first-order chi connectivity index (χ1) is 23.8. The van der Waals surface area contributed by atoms with Crippen LogP contribution in [0.15, 0.2) is 53.0 Å². The fourth-order valence-corrected chi connectivity index (χ4v) is 6.50. The third-order valence-electron chi connectivity index (χ3n) is 8.26. The normalized spacial score (nSPS) is 14.4. The van der Waals surface area contributed by atoms with Gasteiger partial charge in [-0.1, -0.05) is 52.3 Å². The Bertz CT molecular complexity index is 1820. The Kier molecular flexibility index (Phi) is 11.5. The lowest BCUT2D eigenvalue weighted by Crippen LogP contribution is -2.74. The van der Waals surface area contributed by atoms with E-state index in [9.17, 15) is 74.6 Å². The van der Waals surface area contributed by atoms with E-state index < -0.39 is 110 Å². The summed E-state index contributed by atoms with van der Waals surface area (Å²) in [6.45, 7) is 0.790. The second kappa shape index (κ2) is 14.6. The predicted molar refractivity (Wildman–Crippen MR) is 158 cm³/mol. The monoisotopic (exact) mass is 832 g/mol. The van der Waals surface area contributed by atoms with Crippen LogP contribution in [0.2, 0.25) is 0 Å². The number of hydrogen-bond acceptors (Lipinski definition) is 0. The second-order valence-corrected chi connectivity index (χ2v) is 12.4. The highest BCUT2D eigenvalue weighted by Gasteiger charge is 2.50. The summed E-state index contributed by atoms with van der Waals surface area (Å²) < 4.78 is 232. The standard InChI is InChI=1S/C25H17BF12O.C7H2BrF5/c1-12-16(27)6-13(7-17(12)28)26(39-4-2-3-5-39,14-8-18(29)22(19(30)9-14)24(33,34)35)15-10-20(31)23(21(32)11-15)25(36,37)38;8-3-1-4(9)6(5(10)2-3)7(11,12)13/h6-11H,2-5H2,1H3;1-2H. The smallest absolute Gasteiger partial charge is 0.422 e. The molecule has 0 saturated carbocycles. The number of hydrogen-bond donors (Lipinski definition) is 0. The van der Waals surface area contributed by atoms with Gasteiger partial charge in [0, 0.05) is 22.9 Å². The van der Waals surface area contributed by atoms with E-state index in [0.717, 1.165) is 6.92 Å². The maximum Gasteiger partial charge on any atom is 0.422 e. The maximum absolute atomic E-state index is 14.8. The van der Waals surface area contributed by atoms with Crippen LogP contribution in [0.3, 0.4) is 0 Å². The zero-order chi connectivity index (χ0) is 39.3. The highest BCUT2D eigenvalue weighted by molar-refractivity contribution is 9.10. The maximum atomic E-state index is 14.8. The summed E-state index contributed by atoms with van der Waals surface area (Å²) in [4.78, 5) is 0. The van der Waals surface area contributed by atoms with Gasteiger partial charge in [-0.25, -0.2) is 35.1 Å². The molecule has 0 aromatic heterocycles. The molecular weight excluding hydrogens is 814 g/mol. The van der Waals surface area contributed by atoms with Crippen LogP contribution in [0.5, 0.6) is 0 Å². The van der Waals surface area contributed by atoms with Crippen LogP contribution in [0.1, 0.15) is 35.1 Å². The van der Waals surface area contributed by atoms with Crippen molar-refractivity contribution < 1.29 is 78.9 Å². The summed E-state index contributed by atoms with van der Waals surface area (Å²) in [5, 5.41) is 0. The van der Waals surface area contributed by atoms with Gasteiger partial charge in [0.25, 0.3) is 0 Å². The number of rotatable bonds is 4. The molecule has 4 aromatic rings. The highest BCUT2D eigenvalue weighted by atomic mass is 79.9. The van der Waals surface area contributed by atoms with Crippen molar-refractivity contribution in [3.8, 4) is 0 Å². The Labute approximate surface area is 290 Å². The number of halogens is 18. The van der Waals surface area contributed by atoms with Crippen molar-refractivity contribution in [1.82, 2.24) is 0 Å². The predicted octanol–water partition coefficient (Wildman–Crippen LogP) is 9.93. The molecular formula is C32H19BBrF17O. The van der Waals surface area contributed by atoms with Crippen molar-refractivity contribution in [3.05, 3.63) is 122 Å². The minimum Gasteiger partial charge on any atom is -0.660 e. The number of benzene rings is 4. The molecule has 4 aromatic carbocycles. The van der Waals surface area contributed by atoms with E-state index in [-0.39, 0.29) is 42.0 Å². The lowest BCUT2D eigenvalue weighted by Gasteiger charge is -2.47. The minimum atomic E-state index is -5.50. The molecule has 0 atom stereocenters. The first kappa shape index (κ1) is 41.0. The first-order valence-corrected chi connectivity index (χ1v) is 15.2. The van der Waals surface area contributed by atoms with Crippen molar-refractivity contribution >= 4 is 38.7 Å². The third kappa shape index (κ3) is 7.91. The molecule has 1 heterocycles. The molecule has 1 aliphatic heterocycles. The van der Waals surface area contributed by atoms with Crippen LogP contribution < -0.4 is 16.4 Å². The molecule has 5 rings (SSSR count). The van der Waals surface area contributed by atoms with Gasteiger partial charge in [-0.05, 0) is 19.1 Å². The Morgan fingerprint density at radius 1 is 0.462 bits per heavy atom. The summed E-state index contributed by atoms with van der Waals surface area (Å²) >= 11 is 2.67. The van der Waals surface area contributed by atoms with E-state index >= 15 is 0 Å². The zero-order valence-corrected chi connectivity index (χ0v) is 27.3. The van der Waals surface area contributed by atoms with Gasteiger partial charge in [-0.3, -0.25) is 0 Å². The van der Waals surface area contributed by atoms with Crippen molar-refractivity contribution in [3.63, 3.8) is 0 Å². The van der Waals surface area contributed by atoms with Crippen LogP contribution in [0.25, 0.3) is 0 Å². The van der Waals surface area contributed by atoms with Crippen molar-refractivity contribution in [2.24, 2.45) is 0 Å². The Morgan fingerprint density at radius 3 is 0.981 bits per heavy atom. The SMILES string of the molecule is Cc1c(F)cc([B-](c2cc(F)c(C(F)(F)F)c(F)c2)(c2cc(F)c(C(F)(F)F)c(F)c2)[O+]2CCCC2)cc1F.Fc1cc(Br)cc(F)c1C(F)(F)F.